The lowest BCUT2D eigenvalue weighted by molar-refractivity contribution is -0.150. The number of benzene rings is 1. The van der Waals surface area contributed by atoms with Gasteiger partial charge in [-0.2, -0.15) is 0 Å². The fourth-order valence-corrected chi connectivity index (χ4v) is 3.77. The van der Waals surface area contributed by atoms with Crippen LogP contribution in [0.1, 0.15) is 12.0 Å². The third kappa shape index (κ3) is 4.07. The zero-order valence-electron chi connectivity index (χ0n) is 11.7. The summed E-state index contributed by atoms with van der Waals surface area (Å²) in [7, 11) is 0. The number of carbonyl (C=O) groups is 3. The van der Waals surface area contributed by atoms with E-state index < -0.39 is 30.3 Å². The maximum absolute atomic E-state index is 12.4. The summed E-state index contributed by atoms with van der Waals surface area (Å²) in [4.78, 5) is 35.5. The van der Waals surface area contributed by atoms with Gasteiger partial charge < -0.3 is 10.2 Å². The van der Waals surface area contributed by atoms with Gasteiger partial charge in [0, 0.05) is 10.0 Å². The van der Waals surface area contributed by atoms with Crippen molar-refractivity contribution >= 4 is 75.4 Å². The monoisotopic (exact) mass is 405 g/mol. The summed E-state index contributed by atoms with van der Waals surface area (Å²) in [5.74, 6) is -3.47. The molecular formula is C14H9Cl2NO5S2. The standard InChI is InChI=1S/C14H9Cl2NO5S2/c15-7-2-1-6(8(16)4-7)3-10-12(20)17(14(23)24-10)9(13(21)22)5-11(18)19/h1-4,9H,5H2,(H,18,19)(H,21,22)/b10-3-. The predicted octanol–water partition coefficient (Wildman–Crippen LogP) is 3.12. The normalized spacial score (nSPS) is 17.4. The number of halogens is 2. The molecule has 1 aromatic carbocycles. The van der Waals surface area contributed by atoms with Crippen LogP contribution < -0.4 is 0 Å². The van der Waals surface area contributed by atoms with E-state index >= 15 is 0 Å². The summed E-state index contributed by atoms with van der Waals surface area (Å²) in [5, 5.41) is 18.8. The van der Waals surface area contributed by atoms with Crippen molar-refractivity contribution in [2.24, 2.45) is 0 Å². The van der Waals surface area contributed by atoms with Gasteiger partial charge in [-0.05, 0) is 23.8 Å². The molecule has 24 heavy (non-hydrogen) atoms. The number of amides is 1. The molecule has 1 fully saturated rings. The van der Waals surface area contributed by atoms with E-state index in [2.05, 4.69) is 0 Å². The first-order valence-electron chi connectivity index (χ1n) is 6.37. The van der Waals surface area contributed by atoms with E-state index in [0.29, 0.717) is 15.6 Å². The van der Waals surface area contributed by atoms with E-state index in [1.165, 1.54) is 12.1 Å². The first kappa shape index (κ1) is 18.7. The first-order valence-corrected chi connectivity index (χ1v) is 8.35. The molecule has 1 unspecified atom stereocenters. The van der Waals surface area contributed by atoms with Crippen LogP contribution in [0.4, 0.5) is 0 Å². The van der Waals surface area contributed by atoms with Crippen LogP contribution in [0.5, 0.6) is 0 Å². The number of carboxylic acids is 2. The van der Waals surface area contributed by atoms with Crippen molar-refractivity contribution in [2.45, 2.75) is 12.5 Å². The molecule has 0 radical (unpaired) electrons. The molecule has 0 bridgehead atoms. The fourth-order valence-electron chi connectivity index (χ4n) is 1.96. The molecule has 1 atom stereocenters. The number of aliphatic carboxylic acids is 2. The second kappa shape index (κ2) is 7.52. The summed E-state index contributed by atoms with van der Waals surface area (Å²) in [5.41, 5.74) is 0.506. The van der Waals surface area contributed by atoms with Crippen molar-refractivity contribution in [1.29, 1.82) is 0 Å². The lowest BCUT2D eigenvalue weighted by Gasteiger charge is -2.21. The molecule has 6 nitrogen and oxygen atoms in total. The highest BCUT2D eigenvalue weighted by atomic mass is 35.5. The molecule has 1 heterocycles. The third-order valence-electron chi connectivity index (χ3n) is 3.04. The molecule has 10 heteroatoms. The van der Waals surface area contributed by atoms with E-state index in [4.69, 9.17) is 40.5 Å². The molecule has 0 spiro atoms. The minimum Gasteiger partial charge on any atom is -0.481 e. The summed E-state index contributed by atoms with van der Waals surface area (Å²) in [6, 6.07) is 3.12. The van der Waals surface area contributed by atoms with Crippen LogP contribution in [0.3, 0.4) is 0 Å². The number of carbonyl (C=O) groups excluding carboxylic acids is 1. The maximum Gasteiger partial charge on any atom is 0.327 e. The van der Waals surface area contributed by atoms with Gasteiger partial charge in [-0.3, -0.25) is 14.5 Å². The van der Waals surface area contributed by atoms with Gasteiger partial charge in [0.15, 0.2) is 0 Å². The van der Waals surface area contributed by atoms with Crippen LogP contribution in [0.25, 0.3) is 6.08 Å². The Morgan fingerprint density at radius 1 is 1.33 bits per heavy atom. The van der Waals surface area contributed by atoms with Crippen molar-refractivity contribution in [3.8, 4) is 0 Å². The molecule has 0 aliphatic carbocycles. The number of carboxylic acid groups (broad SMARTS) is 2. The van der Waals surface area contributed by atoms with Gasteiger partial charge in [-0.1, -0.05) is 53.2 Å². The lowest BCUT2D eigenvalue weighted by Crippen LogP contribution is -2.45. The summed E-state index contributed by atoms with van der Waals surface area (Å²) in [6.07, 6.45) is 0.703. The summed E-state index contributed by atoms with van der Waals surface area (Å²) < 4.78 is -0.0232. The zero-order valence-corrected chi connectivity index (χ0v) is 14.9. The Morgan fingerprint density at radius 3 is 2.54 bits per heavy atom. The van der Waals surface area contributed by atoms with Crippen molar-refractivity contribution < 1.29 is 24.6 Å². The van der Waals surface area contributed by atoms with Crippen LogP contribution in [0.2, 0.25) is 10.0 Å². The quantitative estimate of drug-likeness (QED) is 0.573. The van der Waals surface area contributed by atoms with Crippen molar-refractivity contribution in [3.05, 3.63) is 38.7 Å². The van der Waals surface area contributed by atoms with Gasteiger partial charge in [-0.15, -0.1) is 0 Å². The Hall–Kier alpha value is -1.61. The highest BCUT2D eigenvalue weighted by molar-refractivity contribution is 8.26. The number of hydrogen-bond donors (Lipinski definition) is 2. The molecule has 1 amide bonds. The van der Waals surface area contributed by atoms with Crippen molar-refractivity contribution in [2.75, 3.05) is 0 Å². The lowest BCUT2D eigenvalue weighted by atomic mass is 10.1. The Morgan fingerprint density at radius 2 is 2.00 bits per heavy atom. The average molecular weight is 406 g/mol. The van der Waals surface area contributed by atoms with E-state index in [0.717, 1.165) is 16.7 Å². The van der Waals surface area contributed by atoms with E-state index in [-0.39, 0.29) is 9.23 Å². The van der Waals surface area contributed by atoms with Crippen LogP contribution >= 0.6 is 47.2 Å². The number of thiocarbonyl (C=S) groups is 1. The molecule has 2 rings (SSSR count). The van der Waals surface area contributed by atoms with E-state index in [9.17, 15) is 19.5 Å². The summed E-state index contributed by atoms with van der Waals surface area (Å²) >= 11 is 17.8. The number of thioether (sulfide) groups is 1. The van der Waals surface area contributed by atoms with Crippen LogP contribution in [0, 0.1) is 0 Å². The van der Waals surface area contributed by atoms with Crippen LogP contribution in [0.15, 0.2) is 23.1 Å². The first-order chi connectivity index (χ1) is 11.2. The number of rotatable bonds is 5. The smallest absolute Gasteiger partial charge is 0.327 e. The molecule has 1 saturated heterocycles. The minimum atomic E-state index is -1.57. The summed E-state index contributed by atoms with van der Waals surface area (Å²) in [6.45, 7) is 0. The molecule has 0 saturated carbocycles. The van der Waals surface area contributed by atoms with Crippen molar-refractivity contribution in [3.63, 3.8) is 0 Å². The van der Waals surface area contributed by atoms with Gasteiger partial charge in [0.25, 0.3) is 5.91 Å². The minimum absolute atomic E-state index is 0.0232. The zero-order chi connectivity index (χ0) is 18.0. The topological polar surface area (TPSA) is 94.9 Å². The predicted molar refractivity (Wildman–Crippen MR) is 95.2 cm³/mol. The van der Waals surface area contributed by atoms with Gasteiger partial charge in [-0.25, -0.2) is 4.79 Å². The highest BCUT2D eigenvalue weighted by Crippen LogP contribution is 2.36. The van der Waals surface area contributed by atoms with Gasteiger partial charge >= 0.3 is 11.9 Å². The van der Waals surface area contributed by atoms with Gasteiger partial charge in [0.05, 0.1) is 11.3 Å². The largest absolute Gasteiger partial charge is 0.481 e. The fraction of sp³-hybridized carbons (Fsp3) is 0.143. The number of hydrogen-bond acceptors (Lipinski definition) is 5. The molecular weight excluding hydrogens is 397 g/mol. The molecule has 1 aliphatic rings. The van der Waals surface area contributed by atoms with E-state index in [1.54, 1.807) is 12.1 Å². The Kier molecular flexibility index (Phi) is 5.87. The number of nitrogens with zero attached hydrogens (tertiary/aromatic N) is 1. The molecule has 2 N–H and O–H groups in total. The van der Waals surface area contributed by atoms with E-state index in [1.807, 2.05) is 0 Å². The maximum atomic E-state index is 12.4. The average Bonchev–Trinajstić information content (AvgIpc) is 2.74. The SMILES string of the molecule is O=C(O)CC(C(=O)O)N1C(=O)/C(=C/c2ccc(Cl)cc2Cl)SC1=S. The molecule has 1 aromatic rings. The Balaban J connectivity index is 2.35. The second-order valence-corrected chi connectivity index (χ2v) is 7.19. The van der Waals surface area contributed by atoms with Crippen LogP contribution in [-0.2, 0) is 14.4 Å². The molecule has 1 aliphatic heterocycles. The highest BCUT2D eigenvalue weighted by Gasteiger charge is 2.41. The van der Waals surface area contributed by atoms with Crippen LogP contribution in [-0.4, -0.2) is 43.3 Å². The molecule has 126 valence electrons. The Bertz CT molecular complexity index is 780. The second-order valence-electron chi connectivity index (χ2n) is 4.67. The molecule has 0 aromatic heterocycles. The Labute approximate surface area is 156 Å². The third-order valence-corrected chi connectivity index (χ3v) is 4.93. The van der Waals surface area contributed by atoms with Crippen molar-refractivity contribution in [1.82, 2.24) is 4.90 Å². The van der Waals surface area contributed by atoms with Gasteiger partial charge in [0.1, 0.15) is 10.4 Å². The van der Waals surface area contributed by atoms with Gasteiger partial charge in [0.2, 0.25) is 0 Å².